The van der Waals surface area contributed by atoms with E-state index in [-0.39, 0.29) is 0 Å². The molecule has 0 aliphatic carbocycles. The van der Waals surface area contributed by atoms with Crippen molar-refractivity contribution in [1.29, 1.82) is 0 Å². The number of hydrogen-bond acceptors (Lipinski definition) is 3. The van der Waals surface area contributed by atoms with E-state index in [4.69, 9.17) is 0 Å². The molecule has 0 spiro atoms. The maximum atomic E-state index is 4.58. The van der Waals surface area contributed by atoms with Crippen molar-refractivity contribution in [2.24, 2.45) is 0 Å². The first-order valence-corrected chi connectivity index (χ1v) is 7.64. The van der Waals surface area contributed by atoms with Gasteiger partial charge in [0.2, 0.25) is 0 Å². The van der Waals surface area contributed by atoms with Gasteiger partial charge in [-0.25, -0.2) is 4.98 Å². The second-order valence-corrected chi connectivity index (χ2v) is 6.30. The van der Waals surface area contributed by atoms with Crippen LogP contribution in [0.5, 0.6) is 0 Å². The molecular formula is C14H20BrN3. The second-order valence-electron chi connectivity index (χ2n) is 5.45. The van der Waals surface area contributed by atoms with Crippen molar-refractivity contribution in [2.75, 3.05) is 31.1 Å². The molecule has 1 aromatic rings. The first-order chi connectivity index (χ1) is 8.74. The van der Waals surface area contributed by atoms with Crippen molar-refractivity contribution in [2.45, 2.75) is 32.2 Å². The number of hydrogen-bond donors (Lipinski definition) is 0. The molecule has 98 valence electrons. The van der Waals surface area contributed by atoms with Crippen LogP contribution >= 0.6 is 15.9 Å². The molecule has 2 aliphatic rings. The highest BCUT2D eigenvalue weighted by Crippen LogP contribution is 2.29. The summed E-state index contributed by atoms with van der Waals surface area (Å²) in [6.07, 6.45) is 6.00. The summed E-state index contributed by atoms with van der Waals surface area (Å²) < 4.78 is 1.13. The highest BCUT2D eigenvalue weighted by Gasteiger charge is 2.30. The Bertz CT molecular complexity index is 429. The Morgan fingerprint density at radius 3 is 2.78 bits per heavy atom. The largest absolute Gasteiger partial charge is 0.354 e. The van der Waals surface area contributed by atoms with Crippen LogP contribution in [0, 0.1) is 6.92 Å². The maximum Gasteiger partial charge on any atom is 0.142 e. The highest BCUT2D eigenvalue weighted by molar-refractivity contribution is 9.10. The van der Waals surface area contributed by atoms with Gasteiger partial charge >= 0.3 is 0 Å². The molecule has 2 fully saturated rings. The summed E-state index contributed by atoms with van der Waals surface area (Å²) >= 11 is 3.64. The summed E-state index contributed by atoms with van der Waals surface area (Å²) in [6, 6.07) is 2.90. The topological polar surface area (TPSA) is 19.4 Å². The molecule has 2 saturated heterocycles. The molecule has 1 aromatic heterocycles. The lowest BCUT2D eigenvalue weighted by atomic mass is 10.2. The predicted molar refractivity (Wildman–Crippen MR) is 78.1 cm³/mol. The lowest BCUT2D eigenvalue weighted by Crippen LogP contribution is -2.35. The van der Waals surface area contributed by atoms with Crippen LogP contribution in [0.25, 0.3) is 0 Å². The minimum absolute atomic E-state index is 0.738. The van der Waals surface area contributed by atoms with Crippen LogP contribution in [0.2, 0.25) is 0 Å². The Morgan fingerprint density at radius 1 is 1.28 bits per heavy atom. The van der Waals surface area contributed by atoms with Crippen molar-refractivity contribution < 1.29 is 0 Å². The number of aryl methyl sites for hydroxylation is 1. The van der Waals surface area contributed by atoms with Gasteiger partial charge in [0.25, 0.3) is 0 Å². The van der Waals surface area contributed by atoms with Crippen molar-refractivity contribution in [3.8, 4) is 0 Å². The molecule has 0 bridgehead atoms. The third kappa shape index (κ3) is 2.41. The summed E-state index contributed by atoms with van der Waals surface area (Å²) in [6.45, 7) is 6.94. The Kier molecular flexibility index (Phi) is 3.57. The summed E-state index contributed by atoms with van der Waals surface area (Å²) in [5.74, 6) is 1.11. The average Bonchev–Trinajstić information content (AvgIpc) is 2.99. The number of pyridine rings is 1. The van der Waals surface area contributed by atoms with E-state index in [1.165, 1.54) is 37.9 Å². The lowest BCUT2D eigenvalue weighted by molar-refractivity contribution is 0.260. The van der Waals surface area contributed by atoms with E-state index >= 15 is 0 Å². The molecule has 0 radical (unpaired) electrons. The van der Waals surface area contributed by atoms with Gasteiger partial charge in [0.1, 0.15) is 5.82 Å². The monoisotopic (exact) mass is 309 g/mol. The van der Waals surface area contributed by atoms with Crippen molar-refractivity contribution in [3.63, 3.8) is 0 Å². The van der Waals surface area contributed by atoms with Crippen LogP contribution in [0.15, 0.2) is 16.7 Å². The molecule has 3 rings (SSSR count). The fourth-order valence-corrected chi connectivity index (χ4v) is 3.81. The highest BCUT2D eigenvalue weighted by atomic mass is 79.9. The third-order valence-electron chi connectivity index (χ3n) is 4.08. The molecule has 1 atom stereocenters. The number of nitrogens with zero attached hydrogens (tertiary/aromatic N) is 3. The number of likely N-dealkylation sites (tertiary alicyclic amines) is 1. The molecule has 2 aliphatic heterocycles. The van der Waals surface area contributed by atoms with E-state index in [1.807, 2.05) is 6.20 Å². The molecule has 3 nitrogen and oxygen atoms in total. The number of anilines is 1. The third-order valence-corrected chi connectivity index (χ3v) is 4.66. The molecule has 3 heterocycles. The summed E-state index contributed by atoms with van der Waals surface area (Å²) in [5.41, 5.74) is 1.21. The Labute approximate surface area is 117 Å². The van der Waals surface area contributed by atoms with E-state index in [9.17, 15) is 0 Å². The van der Waals surface area contributed by atoms with Gasteiger partial charge in [0.05, 0.1) is 4.47 Å². The van der Waals surface area contributed by atoms with Gasteiger partial charge in [-0.2, -0.15) is 0 Å². The summed E-state index contributed by atoms with van der Waals surface area (Å²) in [4.78, 5) is 9.66. The first-order valence-electron chi connectivity index (χ1n) is 6.85. The van der Waals surface area contributed by atoms with E-state index in [0.29, 0.717) is 0 Å². The van der Waals surface area contributed by atoms with Crippen LogP contribution in [-0.2, 0) is 0 Å². The minimum Gasteiger partial charge on any atom is -0.354 e. The van der Waals surface area contributed by atoms with Crippen LogP contribution < -0.4 is 4.90 Å². The van der Waals surface area contributed by atoms with Gasteiger partial charge in [-0.15, -0.1) is 0 Å². The Balaban J connectivity index is 1.71. The van der Waals surface area contributed by atoms with Crippen LogP contribution in [0.3, 0.4) is 0 Å². The van der Waals surface area contributed by atoms with Gasteiger partial charge in [-0.05, 0) is 66.8 Å². The zero-order valence-corrected chi connectivity index (χ0v) is 12.5. The smallest absolute Gasteiger partial charge is 0.142 e. The minimum atomic E-state index is 0.738. The van der Waals surface area contributed by atoms with Crippen LogP contribution in [0.1, 0.15) is 24.8 Å². The molecule has 0 amide bonds. The SMILES string of the molecule is Cc1cnc(N2CCC(N3CCCC3)C2)c(Br)c1. The molecule has 0 saturated carbocycles. The van der Waals surface area contributed by atoms with E-state index in [0.717, 1.165) is 29.4 Å². The Morgan fingerprint density at radius 2 is 2.06 bits per heavy atom. The summed E-state index contributed by atoms with van der Waals surface area (Å²) in [7, 11) is 0. The average molecular weight is 310 g/mol. The second kappa shape index (κ2) is 5.17. The van der Waals surface area contributed by atoms with Crippen molar-refractivity contribution in [1.82, 2.24) is 9.88 Å². The normalized spacial score (nSPS) is 25.0. The van der Waals surface area contributed by atoms with Gasteiger partial charge in [0.15, 0.2) is 0 Å². The fourth-order valence-electron chi connectivity index (χ4n) is 3.10. The molecule has 0 N–H and O–H groups in total. The van der Waals surface area contributed by atoms with Gasteiger partial charge in [-0.1, -0.05) is 0 Å². The predicted octanol–water partition coefficient (Wildman–Crippen LogP) is 2.83. The van der Waals surface area contributed by atoms with Crippen molar-refractivity contribution in [3.05, 3.63) is 22.3 Å². The molecular weight excluding hydrogens is 290 g/mol. The van der Waals surface area contributed by atoms with Gasteiger partial charge in [0, 0.05) is 25.3 Å². The number of aromatic nitrogens is 1. The number of halogens is 1. The quantitative estimate of drug-likeness (QED) is 0.837. The van der Waals surface area contributed by atoms with E-state index in [2.05, 4.69) is 43.7 Å². The molecule has 4 heteroatoms. The lowest BCUT2D eigenvalue weighted by Gasteiger charge is -2.24. The number of rotatable bonds is 2. The van der Waals surface area contributed by atoms with Crippen LogP contribution in [-0.4, -0.2) is 42.1 Å². The van der Waals surface area contributed by atoms with E-state index in [1.54, 1.807) is 0 Å². The fraction of sp³-hybridized carbons (Fsp3) is 0.643. The molecule has 0 aromatic carbocycles. The first kappa shape index (κ1) is 12.4. The zero-order valence-electron chi connectivity index (χ0n) is 10.9. The standard InChI is InChI=1S/C14H20BrN3/c1-11-8-13(15)14(16-9-11)18-7-4-12(10-18)17-5-2-3-6-17/h8-9,12H,2-7,10H2,1H3. The van der Waals surface area contributed by atoms with Gasteiger partial charge < -0.3 is 4.90 Å². The Hall–Kier alpha value is -0.610. The summed E-state index contributed by atoms with van der Waals surface area (Å²) in [5, 5.41) is 0. The van der Waals surface area contributed by atoms with Crippen LogP contribution in [0.4, 0.5) is 5.82 Å². The molecule has 18 heavy (non-hydrogen) atoms. The van der Waals surface area contributed by atoms with E-state index < -0.39 is 0 Å². The van der Waals surface area contributed by atoms with Crippen molar-refractivity contribution >= 4 is 21.7 Å². The van der Waals surface area contributed by atoms with Gasteiger partial charge in [-0.3, -0.25) is 4.90 Å². The zero-order chi connectivity index (χ0) is 12.5. The molecule has 1 unspecified atom stereocenters. The maximum absolute atomic E-state index is 4.58.